The van der Waals surface area contributed by atoms with Crippen molar-refractivity contribution < 1.29 is 9.53 Å². The molecule has 0 atom stereocenters. The van der Waals surface area contributed by atoms with Crippen molar-refractivity contribution in [2.45, 2.75) is 33.4 Å². The zero-order valence-corrected chi connectivity index (χ0v) is 17.2. The quantitative estimate of drug-likeness (QED) is 0.786. The molecular formula is C21H29N3O2S. The summed E-state index contributed by atoms with van der Waals surface area (Å²) in [4.78, 5) is 19.6. The second-order valence-corrected chi connectivity index (χ2v) is 8.58. The second kappa shape index (κ2) is 9.35. The van der Waals surface area contributed by atoms with Crippen molar-refractivity contribution in [1.82, 2.24) is 4.90 Å². The summed E-state index contributed by atoms with van der Waals surface area (Å²) in [5, 5.41) is 3.03. The molecule has 1 aromatic heterocycles. The number of hydrogen-bond acceptors (Lipinski definition) is 5. The fraction of sp³-hybridized carbons (Fsp3) is 0.476. The Balaban J connectivity index is 1.55. The Hall–Kier alpha value is -1.89. The number of hydrogen-bond donors (Lipinski definition) is 1. The SMILES string of the molecule is Cc1ccc(CN(CC(=O)Nc2ccc(N3CCOCC3)cc2)C(C)C)s1. The molecule has 1 N–H and O–H groups in total. The summed E-state index contributed by atoms with van der Waals surface area (Å²) in [6, 6.07) is 12.7. The van der Waals surface area contributed by atoms with Crippen LogP contribution in [0.1, 0.15) is 23.6 Å². The first kappa shape index (κ1) is 19.9. The van der Waals surface area contributed by atoms with Crippen LogP contribution in [0.3, 0.4) is 0 Å². The van der Waals surface area contributed by atoms with Gasteiger partial charge in [0.15, 0.2) is 0 Å². The molecule has 0 spiro atoms. The van der Waals surface area contributed by atoms with Crippen LogP contribution in [-0.2, 0) is 16.1 Å². The molecule has 27 heavy (non-hydrogen) atoms. The predicted octanol–water partition coefficient (Wildman–Crippen LogP) is 3.74. The van der Waals surface area contributed by atoms with Gasteiger partial charge in [0, 0.05) is 46.8 Å². The van der Waals surface area contributed by atoms with Crippen LogP contribution in [0.5, 0.6) is 0 Å². The van der Waals surface area contributed by atoms with Gasteiger partial charge in [0.25, 0.3) is 0 Å². The number of amides is 1. The number of morpholine rings is 1. The molecule has 2 heterocycles. The van der Waals surface area contributed by atoms with Crippen molar-refractivity contribution in [1.29, 1.82) is 0 Å². The number of benzene rings is 1. The largest absolute Gasteiger partial charge is 0.378 e. The first-order valence-electron chi connectivity index (χ1n) is 9.53. The highest BCUT2D eigenvalue weighted by molar-refractivity contribution is 7.11. The summed E-state index contributed by atoms with van der Waals surface area (Å²) >= 11 is 1.79. The number of aryl methyl sites for hydroxylation is 1. The fourth-order valence-electron chi connectivity index (χ4n) is 3.15. The van der Waals surface area contributed by atoms with Crippen LogP contribution < -0.4 is 10.2 Å². The number of anilines is 2. The lowest BCUT2D eigenvalue weighted by Gasteiger charge is -2.29. The summed E-state index contributed by atoms with van der Waals surface area (Å²) in [6.07, 6.45) is 0. The van der Waals surface area contributed by atoms with E-state index < -0.39 is 0 Å². The zero-order valence-electron chi connectivity index (χ0n) is 16.4. The summed E-state index contributed by atoms with van der Waals surface area (Å²) in [6.45, 7) is 10.9. The van der Waals surface area contributed by atoms with E-state index in [1.54, 1.807) is 11.3 Å². The van der Waals surface area contributed by atoms with Crippen LogP contribution >= 0.6 is 11.3 Å². The van der Waals surface area contributed by atoms with E-state index >= 15 is 0 Å². The van der Waals surface area contributed by atoms with Gasteiger partial charge >= 0.3 is 0 Å². The van der Waals surface area contributed by atoms with Crippen molar-refractivity contribution in [3.05, 3.63) is 46.2 Å². The van der Waals surface area contributed by atoms with Crippen LogP contribution in [0.15, 0.2) is 36.4 Å². The van der Waals surface area contributed by atoms with E-state index in [1.807, 2.05) is 12.1 Å². The highest BCUT2D eigenvalue weighted by Gasteiger charge is 2.16. The third-order valence-electron chi connectivity index (χ3n) is 4.76. The first-order chi connectivity index (χ1) is 13.0. The second-order valence-electron chi connectivity index (χ2n) is 7.21. The number of nitrogens with zero attached hydrogens (tertiary/aromatic N) is 2. The third kappa shape index (κ3) is 5.79. The predicted molar refractivity (Wildman–Crippen MR) is 113 cm³/mol. The van der Waals surface area contributed by atoms with Crippen molar-refractivity contribution in [2.24, 2.45) is 0 Å². The van der Waals surface area contributed by atoms with Gasteiger partial charge in [0.2, 0.25) is 5.91 Å². The van der Waals surface area contributed by atoms with E-state index in [1.165, 1.54) is 15.4 Å². The molecule has 0 saturated carbocycles. The summed E-state index contributed by atoms with van der Waals surface area (Å²) in [5.41, 5.74) is 2.01. The number of rotatable bonds is 7. The van der Waals surface area contributed by atoms with E-state index in [4.69, 9.17) is 4.74 Å². The van der Waals surface area contributed by atoms with E-state index in [0.29, 0.717) is 12.6 Å². The topological polar surface area (TPSA) is 44.8 Å². The van der Waals surface area contributed by atoms with Gasteiger partial charge in [-0.2, -0.15) is 0 Å². The van der Waals surface area contributed by atoms with E-state index in [0.717, 1.165) is 38.5 Å². The van der Waals surface area contributed by atoms with E-state index in [-0.39, 0.29) is 5.91 Å². The van der Waals surface area contributed by atoms with Crippen LogP contribution in [-0.4, -0.2) is 49.7 Å². The maximum atomic E-state index is 12.5. The van der Waals surface area contributed by atoms with Crippen molar-refractivity contribution in [3.8, 4) is 0 Å². The Morgan fingerprint density at radius 2 is 1.89 bits per heavy atom. The molecule has 2 aromatic rings. The smallest absolute Gasteiger partial charge is 0.238 e. The Kier molecular flexibility index (Phi) is 6.88. The van der Waals surface area contributed by atoms with Gasteiger partial charge in [-0.25, -0.2) is 0 Å². The molecule has 0 bridgehead atoms. The monoisotopic (exact) mass is 387 g/mol. The molecule has 0 radical (unpaired) electrons. The number of carbonyl (C=O) groups is 1. The lowest BCUT2D eigenvalue weighted by molar-refractivity contribution is -0.117. The molecule has 1 aliphatic rings. The maximum Gasteiger partial charge on any atom is 0.238 e. The van der Waals surface area contributed by atoms with Gasteiger partial charge < -0.3 is 15.0 Å². The van der Waals surface area contributed by atoms with Crippen LogP contribution in [0.4, 0.5) is 11.4 Å². The number of thiophene rings is 1. The highest BCUT2D eigenvalue weighted by atomic mass is 32.1. The standard InChI is InChI=1S/C21H29N3O2S/c1-16(2)24(14-20-9-4-17(3)27-20)15-21(25)22-18-5-7-19(8-6-18)23-10-12-26-13-11-23/h4-9,16H,10-15H2,1-3H3,(H,22,25). The van der Waals surface area contributed by atoms with Crippen LogP contribution in [0.25, 0.3) is 0 Å². The van der Waals surface area contributed by atoms with Crippen molar-refractivity contribution in [3.63, 3.8) is 0 Å². The molecule has 1 amide bonds. The van der Waals surface area contributed by atoms with Gasteiger partial charge in [-0.05, 0) is 57.2 Å². The third-order valence-corrected chi connectivity index (χ3v) is 5.74. The molecule has 1 fully saturated rings. The molecule has 5 nitrogen and oxygen atoms in total. The van der Waals surface area contributed by atoms with Crippen molar-refractivity contribution in [2.75, 3.05) is 43.1 Å². The lowest BCUT2D eigenvalue weighted by atomic mass is 10.2. The van der Waals surface area contributed by atoms with Crippen LogP contribution in [0, 0.1) is 6.92 Å². The van der Waals surface area contributed by atoms with Gasteiger partial charge in [0.1, 0.15) is 0 Å². The molecule has 6 heteroatoms. The molecule has 0 aliphatic carbocycles. The minimum Gasteiger partial charge on any atom is -0.378 e. The molecule has 0 unspecified atom stereocenters. The highest BCUT2D eigenvalue weighted by Crippen LogP contribution is 2.20. The Labute approximate surface area is 165 Å². The van der Waals surface area contributed by atoms with Crippen LogP contribution in [0.2, 0.25) is 0 Å². The minimum absolute atomic E-state index is 0.0242. The number of carbonyl (C=O) groups excluding carboxylic acids is 1. The summed E-state index contributed by atoms with van der Waals surface area (Å²) in [5.74, 6) is 0.0242. The summed E-state index contributed by atoms with van der Waals surface area (Å²) in [7, 11) is 0. The molecule has 3 rings (SSSR count). The van der Waals surface area contributed by atoms with E-state index in [2.05, 4.69) is 60.2 Å². The Morgan fingerprint density at radius 3 is 2.48 bits per heavy atom. The molecule has 146 valence electrons. The Bertz CT molecular complexity index is 736. The minimum atomic E-state index is 0.0242. The summed E-state index contributed by atoms with van der Waals surface area (Å²) < 4.78 is 5.40. The molecule has 1 saturated heterocycles. The molecular weight excluding hydrogens is 358 g/mol. The fourth-order valence-corrected chi connectivity index (χ4v) is 4.07. The van der Waals surface area contributed by atoms with Gasteiger partial charge in [-0.15, -0.1) is 11.3 Å². The number of ether oxygens (including phenoxy) is 1. The van der Waals surface area contributed by atoms with Gasteiger partial charge in [-0.3, -0.25) is 9.69 Å². The Morgan fingerprint density at radius 1 is 1.19 bits per heavy atom. The maximum absolute atomic E-state index is 12.5. The first-order valence-corrected chi connectivity index (χ1v) is 10.3. The average molecular weight is 388 g/mol. The lowest BCUT2D eigenvalue weighted by Crippen LogP contribution is -2.37. The average Bonchev–Trinajstić information content (AvgIpc) is 3.07. The van der Waals surface area contributed by atoms with Crippen molar-refractivity contribution >= 4 is 28.6 Å². The number of nitrogens with one attached hydrogen (secondary N) is 1. The van der Waals surface area contributed by atoms with Gasteiger partial charge in [-0.1, -0.05) is 0 Å². The molecule has 1 aromatic carbocycles. The van der Waals surface area contributed by atoms with Gasteiger partial charge in [0.05, 0.1) is 19.8 Å². The zero-order chi connectivity index (χ0) is 19.2. The normalized spacial score (nSPS) is 14.8. The van der Waals surface area contributed by atoms with E-state index in [9.17, 15) is 4.79 Å². The molecule has 1 aliphatic heterocycles.